The molecule has 1 atom stereocenters. The fraction of sp³-hybridized carbons (Fsp3) is 0.438. The Labute approximate surface area is 144 Å². The van der Waals surface area contributed by atoms with Crippen molar-refractivity contribution in [3.8, 4) is 0 Å². The molecular formula is C16H18FNO6S. The summed E-state index contributed by atoms with van der Waals surface area (Å²) in [6.07, 6.45) is 0.307. The molecule has 0 unspecified atom stereocenters. The Kier molecular flexibility index (Phi) is 5.89. The molecule has 1 aromatic rings. The largest absolute Gasteiger partial charge is 0.457 e. The van der Waals surface area contributed by atoms with Gasteiger partial charge in [0.25, 0.3) is 0 Å². The first kappa shape index (κ1) is 19.0. The Bertz CT molecular complexity index is 805. The van der Waals surface area contributed by atoms with Crippen LogP contribution in [0.4, 0.5) is 10.1 Å². The van der Waals surface area contributed by atoms with Crippen LogP contribution in [-0.4, -0.2) is 44.2 Å². The molecule has 0 saturated carbocycles. The van der Waals surface area contributed by atoms with Crippen molar-refractivity contribution in [3.05, 3.63) is 29.6 Å². The third-order valence-corrected chi connectivity index (χ3v) is 5.57. The van der Waals surface area contributed by atoms with Crippen LogP contribution in [0.5, 0.6) is 0 Å². The van der Waals surface area contributed by atoms with Gasteiger partial charge in [0.15, 0.2) is 16.4 Å². The van der Waals surface area contributed by atoms with Gasteiger partial charge in [0, 0.05) is 19.0 Å². The molecule has 2 rings (SSSR count). The molecule has 1 saturated heterocycles. The van der Waals surface area contributed by atoms with Crippen LogP contribution in [0.25, 0.3) is 0 Å². The lowest BCUT2D eigenvalue weighted by atomic mass is 10.1. The maximum absolute atomic E-state index is 13.9. The number of amides is 1. The Hall–Kier alpha value is -2.29. The smallest absolute Gasteiger partial charge is 0.306 e. The highest BCUT2D eigenvalue weighted by atomic mass is 32.2. The predicted molar refractivity (Wildman–Crippen MR) is 87.4 cm³/mol. The van der Waals surface area contributed by atoms with E-state index in [1.807, 2.05) is 0 Å². The zero-order valence-corrected chi connectivity index (χ0v) is 14.4. The summed E-state index contributed by atoms with van der Waals surface area (Å²) >= 11 is 0. The van der Waals surface area contributed by atoms with Gasteiger partial charge < -0.3 is 10.1 Å². The van der Waals surface area contributed by atoms with Gasteiger partial charge >= 0.3 is 5.97 Å². The van der Waals surface area contributed by atoms with Crippen molar-refractivity contribution in [1.82, 2.24) is 0 Å². The van der Waals surface area contributed by atoms with Gasteiger partial charge in [-0.05, 0) is 30.5 Å². The van der Waals surface area contributed by atoms with E-state index in [0.717, 1.165) is 6.07 Å². The van der Waals surface area contributed by atoms with Gasteiger partial charge in [-0.2, -0.15) is 0 Å². The quantitative estimate of drug-likeness (QED) is 0.597. The van der Waals surface area contributed by atoms with Crippen LogP contribution in [-0.2, 0) is 24.2 Å². The van der Waals surface area contributed by atoms with E-state index in [2.05, 4.69) is 5.32 Å². The average molecular weight is 371 g/mol. The van der Waals surface area contributed by atoms with Crippen molar-refractivity contribution < 1.29 is 31.9 Å². The third-order valence-electron chi connectivity index (χ3n) is 3.74. The van der Waals surface area contributed by atoms with E-state index in [4.69, 9.17) is 4.74 Å². The lowest BCUT2D eigenvalue weighted by Gasteiger charge is -2.09. The van der Waals surface area contributed by atoms with Crippen LogP contribution in [0.3, 0.4) is 0 Å². The maximum Gasteiger partial charge on any atom is 0.306 e. The highest BCUT2D eigenvalue weighted by Gasteiger charge is 2.30. The molecule has 1 amide bonds. The minimum absolute atomic E-state index is 0.0513. The van der Waals surface area contributed by atoms with Gasteiger partial charge in [-0.1, -0.05) is 0 Å². The molecule has 1 aromatic carbocycles. The number of benzene rings is 1. The molecule has 1 fully saturated rings. The molecule has 0 radical (unpaired) electrons. The number of halogens is 1. The van der Waals surface area contributed by atoms with Crippen LogP contribution in [0.2, 0.25) is 0 Å². The Morgan fingerprint density at radius 1 is 1.32 bits per heavy atom. The predicted octanol–water partition coefficient (Wildman–Crippen LogP) is 1.33. The highest BCUT2D eigenvalue weighted by molar-refractivity contribution is 7.91. The van der Waals surface area contributed by atoms with Crippen molar-refractivity contribution in [2.45, 2.75) is 19.8 Å². The monoisotopic (exact) mass is 371 g/mol. The first-order chi connectivity index (χ1) is 11.7. The maximum atomic E-state index is 13.9. The molecule has 0 bridgehead atoms. The minimum atomic E-state index is -3.09. The number of hydrogen-bond donors (Lipinski definition) is 1. The van der Waals surface area contributed by atoms with Gasteiger partial charge in [-0.15, -0.1) is 0 Å². The second-order valence-corrected chi connectivity index (χ2v) is 8.16. The van der Waals surface area contributed by atoms with Crippen molar-refractivity contribution in [2.75, 3.05) is 23.4 Å². The van der Waals surface area contributed by atoms with Gasteiger partial charge in [0.05, 0.1) is 17.1 Å². The number of anilines is 1. The zero-order valence-electron chi connectivity index (χ0n) is 13.6. The molecule has 1 heterocycles. The van der Waals surface area contributed by atoms with E-state index in [0.29, 0.717) is 6.42 Å². The van der Waals surface area contributed by atoms with Crippen LogP contribution in [0.1, 0.15) is 30.1 Å². The molecule has 25 heavy (non-hydrogen) atoms. The summed E-state index contributed by atoms with van der Waals surface area (Å²) in [5.74, 6) is -2.94. The number of hydrogen-bond acceptors (Lipinski definition) is 6. The molecule has 0 spiro atoms. The fourth-order valence-electron chi connectivity index (χ4n) is 2.57. The van der Waals surface area contributed by atoms with E-state index in [1.54, 1.807) is 0 Å². The molecule has 0 aromatic heterocycles. The van der Waals surface area contributed by atoms with Gasteiger partial charge in [0.2, 0.25) is 11.7 Å². The van der Waals surface area contributed by atoms with Crippen LogP contribution in [0, 0.1) is 11.7 Å². The Morgan fingerprint density at radius 2 is 2.04 bits per heavy atom. The van der Waals surface area contributed by atoms with E-state index in [1.165, 1.54) is 19.1 Å². The van der Waals surface area contributed by atoms with E-state index in [9.17, 15) is 27.2 Å². The summed E-state index contributed by atoms with van der Waals surface area (Å²) in [4.78, 5) is 34.5. The molecular weight excluding hydrogens is 353 g/mol. The molecule has 9 heteroatoms. The third kappa shape index (κ3) is 5.63. The number of sulfone groups is 1. The first-order valence-electron chi connectivity index (χ1n) is 7.62. The lowest BCUT2D eigenvalue weighted by Crippen LogP contribution is -2.18. The molecule has 136 valence electrons. The van der Waals surface area contributed by atoms with Crippen molar-refractivity contribution >= 4 is 33.2 Å². The second kappa shape index (κ2) is 7.73. The number of esters is 1. The van der Waals surface area contributed by atoms with Gasteiger partial charge in [-0.3, -0.25) is 14.4 Å². The minimum Gasteiger partial charge on any atom is -0.457 e. The number of ketones is 1. The molecule has 1 aliphatic heterocycles. The van der Waals surface area contributed by atoms with Crippen molar-refractivity contribution in [3.63, 3.8) is 0 Å². The summed E-state index contributed by atoms with van der Waals surface area (Å²) in [5.41, 5.74) is -0.0497. The number of carbonyl (C=O) groups excluding carboxylic acids is 3. The molecule has 7 nitrogen and oxygen atoms in total. The summed E-state index contributed by atoms with van der Waals surface area (Å²) < 4.78 is 41.4. The first-order valence-corrected chi connectivity index (χ1v) is 9.45. The second-order valence-electron chi connectivity index (χ2n) is 5.93. The van der Waals surface area contributed by atoms with Gasteiger partial charge in [-0.25, -0.2) is 12.8 Å². The van der Waals surface area contributed by atoms with E-state index >= 15 is 0 Å². The highest BCUT2D eigenvalue weighted by Crippen LogP contribution is 2.22. The van der Waals surface area contributed by atoms with Crippen LogP contribution < -0.4 is 5.32 Å². The molecule has 1 aliphatic rings. The van der Waals surface area contributed by atoms with Crippen LogP contribution >= 0.6 is 0 Å². The number of Topliss-reactive ketones (excluding diaryl/α,β-unsaturated/α-hetero) is 1. The van der Waals surface area contributed by atoms with Crippen LogP contribution in [0.15, 0.2) is 18.2 Å². The molecule has 1 N–H and O–H groups in total. The normalized spacial score (nSPS) is 18.6. The summed E-state index contributed by atoms with van der Waals surface area (Å²) in [6.45, 7) is 0.640. The summed E-state index contributed by atoms with van der Waals surface area (Å²) in [7, 11) is -3.09. The van der Waals surface area contributed by atoms with Crippen molar-refractivity contribution in [2.24, 2.45) is 5.92 Å². The number of rotatable bonds is 6. The van der Waals surface area contributed by atoms with E-state index in [-0.39, 0.29) is 41.0 Å². The Balaban J connectivity index is 1.87. The Morgan fingerprint density at radius 3 is 2.60 bits per heavy atom. The standard InChI is InChI=1S/C16H18FNO6S/c1-10(19)18-12-2-3-13(14(17)7-12)15(20)8-24-16(21)6-11-4-5-25(22,23)9-11/h2-3,7,11H,4-6,8-9H2,1H3,(H,18,19)/t11-/m1/s1. The topological polar surface area (TPSA) is 107 Å². The van der Waals surface area contributed by atoms with Crippen molar-refractivity contribution in [1.29, 1.82) is 0 Å². The number of nitrogens with one attached hydrogen (secondary N) is 1. The van der Waals surface area contributed by atoms with E-state index < -0.39 is 34.0 Å². The summed E-state index contributed by atoms with van der Waals surface area (Å²) in [6, 6.07) is 3.56. The number of carbonyl (C=O) groups is 3. The van der Waals surface area contributed by atoms with Gasteiger partial charge in [0.1, 0.15) is 5.82 Å². The lowest BCUT2D eigenvalue weighted by molar-refractivity contribution is -0.143. The summed E-state index contributed by atoms with van der Waals surface area (Å²) in [5, 5.41) is 2.38. The average Bonchev–Trinajstić information content (AvgIpc) is 2.83. The fourth-order valence-corrected chi connectivity index (χ4v) is 4.44. The zero-order chi connectivity index (χ0) is 18.6. The SMILES string of the molecule is CC(=O)Nc1ccc(C(=O)COC(=O)C[C@H]2CCS(=O)(=O)C2)c(F)c1. The molecule has 0 aliphatic carbocycles. The number of ether oxygens (including phenoxy) is 1.